The van der Waals surface area contributed by atoms with E-state index in [0.717, 1.165) is 0 Å². The molecular formula is C10H10N2O3S. The molecule has 16 heavy (non-hydrogen) atoms. The van der Waals surface area contributed by atoms with Crippen molar-refractivity contribution in [1.82, 2.24) is 4.90 Å². The van der Waals surface area contributed by atoms with Crippen molar-refractivity contribution in [3.05, 3.63) is 35.4 Å². The number of carbonyl (C=O) groups is 2. The average molecular weight is 238 g/mol. The molecule has 2 heterocycles. The van der Waals surface area contributed by atoms with Crippen molar-refractivity contribution in [2.45, 2.75) is 11.4 Å². The molecule has 0 saturated carbocycles. The molecule has 1 amide bonds. The lowest BCUT2D eigenvalue weighted by molar-refractivity contribution is -0.144. The van der Waals surface area contributed by atoms with Gasteiger partial charge in [-0.15, -0.1) is 0 Å². The molecule has 0 aromatic heterocycles. The van der Waals surface area contributed by atoms with Crippen molar-refractivity contribution in [2.24, 2.45) is 5.73 Å². The molecule has 2 atom stereocenters. The first-order valence-electron chi connectivity index (χ1n) is 4.64. The third kappa shape index (κ3) is 1.89. The predicted molar refractivity (Wildman–Crippen MR) is 60.2 cm³/mol. The molecule has 2 aliphatic rings. The van der Waals surface area contributed by atoms with Crippen molar-refractivity contribution in [3.63, 3.8) is 0 Å². The molecule has 2 rings (SSSR count). The van der Waals surface area contributed by atoms with Gasteiger partial charge in [0.15, 0.2) is 6.04 Å². The maximum atomic E-state index is 11.7. The first-order valence-corrected chi connectivity index (χ1v) is 5.52. The van der Waals surface area contributed by atoms with Crippen molar-refractivity contribution in [3.8, 4) is 0 Å². The van der Waals surface area contributed by atoms with Gasteiger partial charge in [-0.25, -0.2) is 4.79 Å². The minimum Gasteiger partial charge on any atom is -0.479 e. The van der Waals surface area contributed by atoms with E-state index in [0.29, 0.717) is 5.03 Å². The summed E-state index contributed by atoms with van der Waals surface area (Å²) in [6.45, 7) is 0. The third-order valence-electron chi connectivity index (χ3n) is 2.22. The summed E-state index contributed by atoms with van der Waals surface area (Å²) < 4.78 is 0. The number of thioether (sulfide) groups is 1. The Balaban J connectivity index is 2.38. The molecule has 2 aliphatic heterocycles. The largest absolute Gasteiger partial charge is 0.479 e. The van der Waals surface area contributed by atoms with Crippen LogP contribution in [0.5, 0.6) is 0 Å². The number of rotatable bonds is 1. The van der Waals surface area contributed by atoms with Crippen LogP contribution in [-0.2, 0) is 9.59 Å². The summed E-state index contributed by atoms with van der Waals surface area (Å²) in [5, 5.41) is 9.25. The minimum absolute atomic E-state index is 0.332. The number of nitrogens with two attached hydrogens (primary N) is 1. The Bertz CT molecular complexity index is 428. The molecule has 3 N–H and O–H groups in total. The molecular weight excluding hydrogens is 228 g/mol. The molecule has 2 unspecified atom stereocenters. The number of hydrogen-bond acceptors (Lipinski definition) is 4. The highest BCUT2D eigenvalue weighted by molar-refractivity contribution is 8.03. The van der Waals surface area contributed by atoms with Gasteiger partial charge in [-0.1, -0.05) is 30.0 Å². The highest BCUT2D eigenvalue weighted by Gasteiger charge is 2.33. The standard InChI is InChI=1S/C10H10N2O3S/c11-7-4-5-8(13)12-6(10(14)15)2-1-3-9(12)16-7/h1-7H,11H2,(H,14,15). The molecule has 84 valence electrons. The number of aliphatic carboxylic acids is 1. The number of carbonyl (C=O) groups excluding carboxylic acids is 1. The molecule has 5 nitrogen and oxygen atoms in total. The Morgan fingerprint density at radius 1 is 1.50 bits per heavy atom. The fourth-order valence-electron chi connectivity index (χ4n) is 1.52. The lowest BCUT2D eigenvalue weighted by Crippen LogP contribution is -2.42. The number of nitrogens with zero attached hydrogens (tertiary/aromatic N) is 1. The third-order valence-corrected chi connectivity index (χ3v) is 3.23. The zero-order chi connectivity index (χ0) is 11.7. The van der Waals surface area contributed by atoms with Crippen LogP contribution < -0.4 is 5.73 Å². The van der Waals surface area contributed by atoms with Gasteiger partial charge in [0, 0.05) is 6.08 Å². The number of carboxylic acids is 1. The number of carboxylic acid groups (broad SMARTS) is 1. The topological polar surface area (TPSA) is 83.6 Å². The Morgan fingerprint density at radius 3 is 2.94 bits per heavy atom. The molecule has 0 fully saturated rings. The Kier molecular flexibility index (Phi) is 2.84. The SMILES string of the molecule is NC1C=CC(=O)N2C(=CC=CC2C(=O)O)S1. The summed E-state index contributed by atoms with van der Waals surface area (Å²) in [6.07, 6.45) is 7.66. The smallest absolute Gasteiger partial charge is 0.330 e. The average Bonchev–Trinajstić information content (AvgIpc) is 2.38. The lowest BCUT2D eigenvalue weighted by atomic mass is 10.2. The van der Waals surface area contributed by atoms with Crippen LogP contribution in [0.15, 0.2) is 35.4 Å². The molecule has 0 bridgehead atoms. The van der Waals surface area contributed by atoms with Crippen molar-refractivity contribution < 1.29 is 14.7 Å². The van der Waals surface area contributed by atoms with Crippen LogP contribution in [0.3, 0.4) is 0 Å². The van der Waals surface area contributed by atoms with E-state index in [-0.39, 0.29) is 11.3 Å². The highest BCUT2D eigenvalue weighted by Crippen LogP contribution is 2.31. The van der Waals surface area contributed by atoms with Crippen molar-refractivity contribution in [1.29, 1.82) is 0 Å². The molecule has 0 spiro atoms. The van der Waals surface area contributed by atoms with E-state index in [2.05, 4.69) is 0 Å². The van der Waals surface area contributed by atoms with Gasteiger partial charge in [-0.2, -0.15) is 0 Å². The van der Waals surface area contributed by atoms with E-state index in [9.17, 15) is 9.59 Å². The zero-order valence-corrected chi connectivity index (χ0v) is 9.05. The van der Waals surface area contributed by atoms with Gasteiger partial charge in [0.1, 0.15) is 0 Å². The number of amides is 1. The molecule has 0 aliphatic carbocycles. The van der Waals surface area contributed by atoms with E-state index in [1.807, 2.05) is 0 Å². The maximum absolute atomic E-state index is 11.7. The van der Waals surface area contributed by atoms with Crippen LogP contribution in [0.25, 0.3) is 0 Å². The van der Waals surface area contributed by atoms with Crippen LogP contribution in [0.1, 0.15) is 0 Å². The van der Waals surface area contributed by atoms with Gasteiger partial charge >= 0.3 is 5.97 Å². The minimum atomic E-state index is -1.06. The first-order chi connectivity index (χ1) is 7.59. The van der Waals surface area contributed by atoms with Gasteiger partial charge in [0.2, 0.25) is 0 Å². The van der Waals surface area contributed by atoms with E-state index in [4.69, 9.17) is 10.8 Å². The Hall–Kier alpha value is -1.53. The van der Waals surface area contributed by atoms with Crippen LogP contribution >= 0.6 is 11.8 Å². The van der Waals surface area contributed by atoms with E-state index < -0.39 is 12.0 Å². The zero-order valence-electron chi connectivity index (χ0n) is 8.24. The van der Waals surface area contributed by atoms with Crippen LogP contribution in [0, 0.1) is 0 Å². The normalized spacial score (nSPS) is 28.4. The van der Waals surface area contributed by atoms with Crippen LogP contribution in [-0.4, -0.2) is 33.3 Å². The van der Waals surface area contributed by atoms with E-state index >= 15 is 0 Å². The van der Waals surface area contributed by atoms with Gasteiger partial charge in [0.05, 0.1) is 10.4 Å². The second-order valence-electron chi connectivity index (χ2n) is 3.32. The summed E-state index contributed by atoms with van der Waals surface area (Å²) in [6, 6.07) is -0.949. The molecule has 0 aromatic rings. The van der Waals surface area contributed by atoms with Gasteiger partial charge in [-0.3, -0.25) is 9.69 Å². The molecule has 6 heteroatoms. The highest BCUT2D eigenvalue weighted by atomic mass is 32.2. The molecule has 0 aromatic carbocycles. The van der Waals surface area contributed by atoms with E-state index in [1.54, 1.807) is 18.2 Å². The quantitative estimate of drug-likeness (QED) is 0.685. The second kappa shape index (κ2) is 4.15. The number of allylic oxidation sites excluding steroid dienone is 2. The summed E-state index contributed by atoms with van der Waals surface area (Å²) in [5.41, 5.74) is 5.71. The Morgan fingerprint density at radius 2 is 2.25 bits per heavy atom. The van der Waals surface area contributed by atoms with Crippen molar-refractivity contribution >= 4 is 23.6 Å². The maximum Gasteiger partial charge on any atom is 0.330 e. The van der Waals surface area contributed by atoms with Crippen LogP contribution in [0.4, 0.5) is 0 Å². The van der Waals surface area contributed by atoms with Gasteiger partial charge < -0.3 is 10.8 Å². The number of fused-ring (bicyclic) bond motifs is 1. The predicted octanol–water partition coefficient (Wildman–Crippen LogP) is 0.267. The fourth-order valence-corrected chi connectivity index (χ4v) is 2.43. The van der Waals surface area contributed by atoms with Gasteiger partial charge in [0.25, 0.3) is 5.91 Å². The summed E-state index contributed by atoms with van der Waals surface area (Å²) in [5.74, 6) is -1.41. The number of hydrogen-bond donors (Lipinski definition) is 2. The first kappa shape index (κ1) is 11.0. The van der Waals surface area contributed by atoms with Crippen molar-refractivity contribution in [2.75, 3.05) is 0 Å². The summed E-state index contributed by atoms with van der Waals surface area (Å²) in [4.78, 5) is 24.0. The lowest BCUT2D eigenvalue weighted by Gasteiger charge is -2.29. The monoisotopic (exact) mass is 238 g/mol. The fraction of sp³-hybridized carbons (Fsp3) is 0.200. The van der Waals surface area contributed by atoms with Crippen LogP contribution in [0.2, 0.25) is 0 Å². The Labute approximate surface area is 96.3 Å². The second-order valence-corrected chi connectivity index (χ2v) is 4.52. The van der Waals surface area contributed by atoms with E-state index in [1.165, 1.54) is 28.8 Å². The molecule has 0 saturated heterocycles. The van der Waals surface area contributed by atoms with Gasteiger partial charge in [-0.05, 0) is 6.08 Å². The molecule has 0 radical (unpaired) electrons. The summed E-state index contributed by atoms with van der Waals surface area (Å²) in [7, 11) is 0. The summed E-state index contributed by atoms with van der Waals surface area (Å²) >= 11 is 1.26.